The average molecular weight is 432 g/mol. The normalized spacial score (nSPS) is 13.0. The van der Waals surface area contributed by atoms with Gasteiger partial charge in [-0.05, 0) is 54.6 Å². The number of amides is 3. The minimum Gasteiger partial charge on any atom is -0.338 e. The molecule has 0 unspecified atom stereocenters. The first-order valence-corrected chi connectivity index (χ1v) is 9.55. The molecule has 4 aromatic rings. The number of H-pyrrole nitrogens is 1. The Morgan fingerprint density at radius 1 is 0.938 bits per heavy atom. The number of aromatic amines is 1. The Bertz CT molecular complexity index is 1460. The predicted molar refractivity (Wildman–Crippen MR) is 112 cm³/mol. The number of benzene rings is 3. The van der Waals surface area contributed by atoms with Crippen molar-refractivity contribution in [3.63, 3.8) is 0 Å². The summed E-state index contributed by atoms with van der Waals surface area (Å²) < 4.78 is 27.6. The molecule has 2 heterocycles. The van der Waals surface area contributed by atoms with Gasteiger partial charge in [-0.15, -0.1) is 0 Å². The second-order valence-electron chi connectivity index (χ2n) is 7.33. The van der Waals surface area contributed by atoms with E-state index < -0.39 is 29.4 Å². The van der Waals surface area contributed by atoms with Crippen molar-refractivity contribution in [2.24, 2.45) is 0 Å². The largest absolute Gasteiger partial charge is 0.338 e. The summed E-state index contributed by atoms with van der Waals surface area (Å²) in [6, 6.07) is 12.2. The molecule has 0 saturated heterocycles. The Labute approximate surface area is 179 Å². The summed E-state index contributed by atoms with van der Waals surface area (Å²) in [5.41, 5.74) is 2.09. The molecule has 5 rings (SSSR count). The van der Waals surface area contributed by atoms with Crippen LogP contribution in [0.3, 0.4) is 0 Å². The van der Waals surface area contributed by atoms with Gasteiger partial charge in [0.05, 0.1) is 27.7 Å². The number of carbonyl (C=O) groups excluding carboxylic acids is 3. The van der Waals surface area contributed by atoms with Gasteiger partial charge in [-0.3, -0.25) is 19.3 Å². The molecule has 0 saturated carbocycles. The minimum absolute atomic E-state index is 0.00545. The highest BCUT2D eigenvalue weighted by Gasteiger charge is 2.33. The van der Waals surface area contributed by atoms with Crippen LogP contribution in [0, 0.1) is 11.6 Å². The molecule has 0 spiro atoms. The molecule has 0 atom stereocenters. The van der Waals surface area contributed by atoms with Gasteiger partial charge in [-0.25, -0.2) is 13.8 Å². The summed E-state index contributed by atoms with van der Waals surface area (Å²) in [6.45, 7) is 0. The maximum absolute atomic E-state index is 14.1. The van der Waals surface area contributed by atoms with E-state index in [1.165, 1.54) is 25.2 Å². The van der Waals surface area contributed by atoms with Crippen LogP contribution >= 0.6 is 0 Å². The van der Waals surface area contributed by atoms with E-state index >= 15 is 0 Å². The minimum atomic E-state index is -0.616. The van der Waals surface area contributed by atoms with E-state index in [0.29, 0.717) is 16.7 Å². The number of fused-ring (bicyclic) bond motifs is 2. The van der Waals surface area contributed by atoms with Crippen LogP contribution in [-0.2, 0) is 0 Å². The van der Waals surface area contributed by atoms with Gasteiger partial charge in [0.2, 0.25) is 0 Å². The van der Waals surface area contributed by atoms with Crippen LogP contribution < -0.4 is 5.32 Å². The summed E-state index contributed by atoms with van der Waals surface area (Å²) >= 11 is 0. The van der Waals surface area contributed by atoms with Gasteiger partial charge in [-0.2, -0.15) is 0 Å². The van der Waals surface area contributed by atoms with Crippen LogP contribution in [-0.4, -0.2) is 39.6 Å². The standard InChI is InChI=1S/C23H14F2N4O3/c1-29-22(31)14-5-2-11(8-15(14)23(29)32)21(30)26-13-4-7-18-19(10-13)28-20(27-18)16-9-12(24)3-6-17(16)25/h2-10H,1H3,(H,26,30)(H,27,28). The average Bonchev–Trinajstić information content (AvgIpc) is 3.30. The first-order valence-electron chi connectivity index (χ1n) is 9.55. The van der Waals surface area contributed by atoms with Gasteiger partial charge in [-0.1, -0.05) is 0 Å². The van der Waals surface area contributed by atoms with Crippen LogP contribution in [0.1, 0.15) is 31.1 Å². The van der Waals surface area contributed by atoms with Crippen LogP contribution in [0.2, 0.25) is 0 Å². The highest BCUT2D eigenvalue weighted by molar-refractivity contribution is 6.22. The van der Waals surface area contributed by atoms with Crippen LogP contribution in [0.15, 0.2) is 54.6 Å². The lowest BCUT2D eigenvalue weighted by Crippen LogP contribution is -2.24. The van der Waals surface area contributed by atoms with Crippen LogP contribution in [0.5, 0.6) is 0 Å². The number of halogens is 2. The number of rotatable bonds is 3. The Hall–Kier alpha value is -4.40. The second-order valence-corrected chi connectivity index (χ2v) is 7.33. The van der Waals surface area contributed by atoms with E-state index in [0.717, 1.165) is 23.1 Å². The molecule has 1 aliphatic rings. The van der Waals surface area contributed by atoms with E-state index in [2.05, 4.69) is 15.3 Å². The Kier molecular flexibility index (Phi) is 4.33. The van der Waals surface area contributed by atoms with E-state index in [-0.39, 0.29) is 28.1 Å². The lowest BCUT2D eigenvalue weighted by molar-refractivity contribution is 0.0693. The van der Waals surface area contributed by atoms with Gasteiger partial charge in [0.25, 0.3) is 17.7 Å². The molecular formula is C23H14F2N4O3. The van der Waals surface area contributed by atoms with Gasteiger partial charge >= 0.3 is 0 Å². The maximum atomic E-state index is 14.1. The van der Waals surface area contributed by atoms with Gasteiger partial charge < -0.3 is 10.3 Å². The number of nitrogens with one attached hydrogen (secondary N) is 2. The molecule has 3 amide bonds. The monoisotopic (exact) mass is 432 g/mol. The van der Waals surface area contributed by atoms with E-state index in [9.17, 15) is 23.2 Å². The number of hydrogen-bond donors (Lipinski definition) is 2. The highest BCUT2D eigenvalue weighted by Crippen LogP contribution is 2.26. The SMILES string of the molecule is CN1C(=O)c2ccc(C(=O)Nc3ccc4nc(-c5cc(F)ccc5F)[nH]c4c3)cc2C1=O. The molecule has 1 aliphatic heterocycles. The summed E-state index contributed by atoms with van der Waals surface area (Å²) in [7, 11) is 1.38. The predicted octanol–water partition coefficient (Wildman–Crippen LogP) is 3.99. The summed E-state index contributed by atoms with van der Waals surface area (Å²) in [5, 5.41) is 2.72. The van der Waals surface area contributed by atoms with Crippen LogP contribution in [0.4, 0.5) is 14.5 Å². The molecule has 3 aromatic carbocycles. The first-order chi connectivity index (χ1) is 15.3. The number of hydrogen-bond acceptors (Lipinski definition) is 4. The van der Waals surface area contributed by atoms with Crippen molar-refractivity contribution < 1.29 is 23.2 Å². The smallest absolute Gasteiger partial charge is 0.261 e. The fraction of sp³-hybridized carbons (Fsp3) is 0.0435. The fourth-order valence-corrected chi connectivity index (χ4v) is 3.60. The molecule has 158 valence electrons. The van der Waals surface area contributed by atoms with Crippen molar-refractivity contribution >= 4 is 34.4 Å². The third-order valence-electron chi connectivity index (χ3n) is 5.28. The number of nitrogens with zero attached hydrogens (tertiary/aromatic N) is 2. The molecule has 0 fully saturated rings. The molecule has 9 heteroatoms. The lowest BCUT2D eigenvalue weighted by atomic mass is 10.1. The second kappa shape index (κ2) is 7.09. The van der Waals surface area contributed by atoms with E-state index in [4.69, 9.17) is 0 Å². The van der Waals surface area contributed by atoms with Gasteiger partial charge in [0, 0.05) is 18.3 Å². The fourth-order valence-electron chi connectivity index (χ4n) is 3.60. The third kappa shape index (κ3) is 3.11. The molecule has 0 bridgehead atoms. The van der Waals surface area contributed by atoms with Crippen LogP contribution in [0.25, 0.3) is 22.4 Å². The van der Waals surface area contributed by atoms with Crippen molar-refractivity contribution in [2.75, 3.05) is 12.4 Å². The molecule has 7 nitrogen and oxygen atoms in total. The summed E-state index contributed by atoms with van der Waals surface area (Å²) in [5.74, 6) is -2.39. The Morgan fingerprint density at radius 2 is 1.72 bits per heavy atom. The van der Waals surface area contributed by atoms with Gasteiger partial charge in [0.15, 0.2) is 0 Å². The van der Waals surface area contributed by atoms with Gasteiger partial charge in [0.1, 0.15) is 17.5 Å². The highest BCUT2D eigenvalue weighted by atomic mass is 19.1. The molecule has 2 N–H and O–H groups in total. The Morgan fingerprint density at radius 3 is 2.53 bits per heavy atom. The molecular weight excluding hydrogens is 418 g/mol. The number of aromatic nitrogens is 2. The maximum Gasteiger partial charge on any atom is 0.261 e. The Balaban J connectivity index is 1.43. The molecule has 0 aliphatic carbocycles. The molecule has 1 aromatic heterocycles. The number of imidazole rings is 1. The number of imide groups is 1. The molecule has 0 radical (unpaired) electrons. The molecule has 32 heavy (non-hydrogen) atoms. The topological polar surface area (TPSA) is 95.2 Å². The summed E-state index contributed by atoms with van der Waals surface area (Å²) in [6.07, 6.45) is 0. The quantitative estimate of drug-likeness (QED) is 0.479. The van der Waals surface area contributed by atoms with E-state index in [1.54, 1.807) is 18.2 Å². The zero-order chi connectivity index (χ0) is 22.6. The van der Waals surface area contributed by atoms with E-state index in [1.807, 2.05) is 0 Å². The van der Waals surface area contributed by atoms with Crippen molar-refractivity contribution in [1.29, 1.82) is 0 Å². The lowest BCUT2D eigenvalue weighted by Gasteiger charge is -2.06. The number of carbonyl (C=O) groups is 3. The van der Waals surface area contributed by atoms with Crippen molar-refractivity contribution in [3.8, 4) is 11.4 Å². The number of anilines is 1. The van der Waals surface area contributed by atoms with Crippen molar-refractivity contribution in [2.45, 2.75) is 0 Å². The zero-order valence-electron chi connectivity index (χ0n) is 16.6. The third-order valence-corrected chi connectivity index (χ3v) is 5.28. The summed E-state index contributed by atoms with van der Waals surface area (Å²) in [4.78, 5) is 45.1. The van der Waals surface area contributed by atoms with Crippen molar-refractivity contribution in [1.82, 2.24) is 14.9 Å². The van der Waals surface area contributed by atoms with Crippen molar-refractivity contribution in [3.05, 3.63) is 82.9 Å². The first kappa shape index (κ1) is 19.6. The zero-order valence-corrected chi connectivity index (χ0v) is 16.6.